The molecule has 1 aromatic heterocycles. The zero-order chi connectivity index (χ0) is 20.1. The van der Waals surface area contributed by atoms with Crippen LogP contribution in [0.3, 0.4) is 0 Å². The maximum absolute atomic E-state index is 12.5. The quantitative estimate of drug-likeness (QED) is 0.595. The number of nitriles is 1. The molecule has 0 saturated heterocycles. The van der Waals surface area contributed by atoms with Crippen molar-refractivity contribution in [3.05, 3.63) is 23.8 Å². The molecule has 8 nitrogen and oxygen atoms in total. The Balaban J connectivity index is 1.94. The van der Waals surface area contributed by atoms with Crippen LogP contribution in [0.15, 0.2) is 18.2 Å². The first-order chi connectivity index (χ1) is 13.5. The van der Waals surface area contributed by atoms with Gasteiger partial charge in [-0.1, -0.05) is 19.3 Å². The minimum Gasteiger partial charge on any atom is -0.490 e. The number of hydrogen-bond donors (Lipinski definition) is 2. The number of rotatable bonds is 5. The molecule has 28 heavy (non-hydrogen) atoms. The van der Waals surface area contributed by atoms with Crippen molar-refractivity contribution in [2.45, 2.75) is 39.0 Å². The van der Waals surface area contributed by atoms with Crippen LogP contribution in [0.5, 0.6) is 11.5 Å². The summed E-state index contributed by atoms with van der Waals surface area (Å²) in [5, 5.41) is 9.39. The maximum atomic E-state index is 12.5. The predicted octanol–water partition coefficient (Wildman–Crippen LogP) is 3.06. The van der Waals surface area contributed by atoms with Gasteiger partial charge in [-0.05, 0) is 38.0 Å². The Morgan fingerprint density at radius 1 is 1.21 bits per heavy atom. The smallest absolute Gasteiger partial charge is 0.314 e. The van der Waals surface area contributed by atoms with Gasteiger partial charge in [0.25, 0.3) is 0 Å². The lowest BCUT2D eigenvalue weighted by molar-refractivity contribution is -0.140. The second-order valence-corrected chi connectivity index (χ2v) is 6.65. The van der Waals surface area contributed by atoms with Crippen LogP contribution in [0.4, 0.5) is 11.8 Å². The number of nitrogens with two attached hydrogens (primary N) is 2. The van der Waals surface area contributed by atoms with E-state index in [4.69, 9.17) is 20.9 Å². The molecule has 1 saturated carbocycles. The average Bonchev–Trinajstić information content (AvgIpc) is 2.69. The molecule has 0 unspecified atom stereocenters. The van der Waals surface area contributed by atoms with Crippen LogP contribution in [0, 0.1) is 17.2 Å². The average molecular weight is 381 g/mol. The minimum atomic E-state index is -0.235. The first kappa shape index (κ1) is 19.4. The van der Waals surface area contributed by atoms with Crippen molar-refractivity contribution in [2.75, 3.05) is 18.1 Å². The number of nitrogens with zero attached hydrogens (tertiary/aromatic N) is 3. The van der Waals surface area contributed by atoms with E-state index < -0.39 is 0 Å². The van der Waals surface area contributed by atoms with E-state index in [1.807, 2.05) is 13.0 Å². The molecular formula is C20H23N5O3. The van der Waals surface area contributed by atoms with E-state index in [9.17, 15) is 10.1 Å². The van der Waals surface area contributed by atoms with Gasteiger partial charge in [0, 0.05) is 5.56 Å². The third-order valence-electron chi connectivity index (χ3n) is 4.73. The highest BCUT2D eigenvalue weighted by Crippen LogP contribution is 2.35. The molecule has 0 atom stereocenters. The van der Waals surface area contributed by atoms with Gasteiger partial charge in [0.1, 0.15) is 17.5 Å². The lowest BCUT2D eigenvalue weighted by Gasteiger charge is -2.20. The molecule has 2 aromatic rings. The summed E-state index contributed by atoms with van der Waals surface area (Å²) in [6, 6.07) is 6.99. The summed E-state index contributed by atoms with van der Waals surface area (Å²) < 4.78 is 11.3. The number of carbonyl (C=O) groups is 1. The zero-order valence-corrected chi connectivity index (χ0v) is 15.8. The van der Waals surface area contributed by atoms with Crippen LogP contribution >= 0.6 is 0 Å². The van der Waals surface area contributed by atoms with Gasteiger partial charge in [-0.25, -0.2) is 4.98 Å². The Morgan fingerprint density at radius 3 is 2.64 bits per heavy atom. The zero-order valence-electron chi connectivity index (χ0n) is 15.8. The first-order valence-corrected chi connectivity index (χ1v) is 9.35. The number of anilines is 2. The molecule has 1 heterocycles. The highest BCUT2D eigenvalue weighted by Gasteiger charge is 2.24. The number of esters is 1. The van der Waals surface area contributed by atoms with Crippen molar-refractivity contribution < 1.29 is 14.3 Å². The molecule has 1 aliphatic rings. The summed E-state index contributed by atoms with van der Waals surface area (Å²) in [6.07, 6.45) is 4.96. The van der Waals surface area contributed by atoms with E-state index in [1.165, 1.54) is 0 Å². The van der Waals surface area contributed by atoms with Crippen LogP contribution in [-0.4, -0.2) is 22.5 Å². The van der Waals surface area contributed by atoms with Crippen molar-refractivity contribution >= 4 is 17.7 Å². The molecule has 3 rings (SSSR count). The van der Waals surface area contributed by atoms with E-state index >= 15 is 0 Å². The number of carbonyl (C=O) groups excluding carboxylic acids is 1. The number of ether oxygens (including phenoxy) is 2. The molecule has 0 aliphatic heterocycles. The standard InChI is InChI=1S/C20H23N5O3/c1-2-27-16-10-13(17-14(11-21)18(22)25-20(23)24-17)8-9-15(16)28-19(26)12-6-4-3-5-7-12/h8-10,12H,2-7H2,1H3,(H4,22,23,24,25). The normalized spacial score (nSPS) is 14.3. The maximum Gasteiger partial charge on any atom is 0.314 e. The Hall–Kier alpha value is -3.34. The Bertz CT molecular complexity index is 917. The minimum absolute atomic E-state index is 0.00997. The van der Waals surface area contributed by atoms with Gasteiger partial charge in [-0.2, -0.15) is 10.2 Å². The fourth-order valence-corrected chi connectivity index (χ4v) is 3.35. The van der Waals surface area contributed by atoms with Crippen molar-refractivity contribution in [2.24, 2.45) is 5.92 Å². The van der Waals surface area contributed by atoms with Crippen molar-refractivity contribution in [1.82, 2.24) is 9.97 Å². The van der Waals surface area contributed by atoms with Gasteiger partial charge < -0.3 is 20.9 Å². The third-order valence-corrected chi connectivity index (χ3v) is 4.73. The predicted molar refractivity (Wildman–Crippen MR) is 104 cm³/mol. The van der Waals surface area contributed by atoms with Crippen molar-refractivity contribution in [3.8, 4) is 28.8 Å². The van der Waals surface area contributed by atoms with Gasteiger partial charge in [-0.15, -0.1) is 0 Å². The van der Waals surface area contributed by atoms with Crippen molar-refractivity contribution in [1.29, 1.82) is 5.26 Å². The molecule has 0 spiro atoms. The van der Waals surface area contributed by atoms with E-state index in [0.29, 0.717) is 29.4 Å². The molecular weight excluding hydrogens is 358 g/mol. The molecule has 0 radical (unpaired) electrons. The Kier molecular flexibility index (Phi) is 5.94. The molecule has 0 bridgehead atoms. The number of benzene rings is 1. The number of nitrogen functional groups attached to an aromatic ring is 2. The van der Waals surface area contributed by atoms with E-state index in [1.54, 1.807) is 18.2 Å². The summed E-state index contributed by atoms with van der Waals surface area (Å²) in [6.45, 7) is 2.22. The summed E-state index contributed by atoms with van der Waals surface area (Å²) in [5.41, 5.74) is 12.5. The number of hydrogen-bond acceptors (Lipinski definition) is 8. The van der Waals surface area contributed by atoms with Gasteiger partial charge in [-0.3, -0.25) is 4.79 Å². The van der Waals surface area contributed by atoms with E-state index in [2.05, 4.69) is 9.97 Å². The fraction of sp³-hybridized carbons (Fsp3) is 0.400. The topological polar surface area (TPSA) is 137 Å². The number of aromatic nitrogens is 2. The summed E-state index contributed by atoms with van der Waals surface area (Å²) >= 11 is 0. The van der Waals surface area contributed by atoms with Crippen LogP contribution < -0.4 is 20.9 Å². The SMILES string of the molecule is CCOc1cc(-c2nc(N)nc(N)c2C#N)ccc1OC(=O)C1CCCCC1. The van der Waals surface area contributed by atoms with Crippen LogP contribution in [0.1, 0.15) is 44.6 Å². The summed E-state index contributed by atoms with van der Waals surface area (Å²) in [4.78, 5) is 20.5. The molecule has 4 N–H and O–H groups in total. The van der Waals surface area contributed by atoms with E-state index in [-0.39, 0.29) is 29.2 Å². The van der Waals surface area contributed by atoms with Crippen molar-refractivity contribution in [3.63, 3.8) is 0 Å². The lowest BCUT2D eigenvalue weighted by Crippen LogP contribution is -2.23. The summed E-state index contributed by atoms with van der Waals surface area (Å²) in [5.74, 6) is 0.405. The molecule has 1 aromatic carbocycles. The van der Waals surface area contributed by atoms with Crippen LogP contribution in [0.2, 0.25) is 0 Å². The third kappa shape index (κ3) is 4.14. The lowest BCUT2D eigenvalue weighted by atomic mass is 9.89. The highest BCUT2D eigenvalue weighted by molar-refractivity contribution is 5.78. The van der Waals surface area contributed by atoms with Gasteiger partial charge >= 0.3 is 5.97 Å². The fourth-order valence-electron chi connectivity index (χ4n) is 3.35. The second-order valence-electron chi connectivity index (χ2n) is 6.65. The Labute approximate surface area is 163 Å². The highest BCUT2D eigenvalue weighted by atomic mass is 16.6. The first-order valence-electron chi connectivity index (χ1n) is 9.35. The van der Waals surface area contributed by atoms with Crippen LogP contribution in [-0.2, 0) is 4.79 Å². The molecule has 146 valence electrons. The summed E-state index contributed by atoms with van der Waals surface area (Å²) in [7, 11) is 0. The van der Waals surface area contributed by atoms with Gasteiger partial charge in [0.05, 0.1) is 18.2 Å². The largest absolute Gasteiger partial charge is 0.490 e. The molecule has 1 aliphatic carbocycles. The molecule has 8 heteroatoms. The monoisotopic (exact) mass is 381 g/mol. The van der Waals surface area contributed by atoms with Gasteiger partial charge in [0.15, 0.2) is 11.5 Å². The second kappa shape index (κ2) is 8.57. The van der Waals surface area contributed by atoms with E-state index in [0.717, 1.165) is 32.1 Å². The Morgan fingerprint density at radius 2 is 1.96 bits per heavy atom. The van der Waals surface area contributed by atoms with Gasteiger partial charge in [0.2, 0.25) is 5.95 Å². The molecule has 1 fully saturated rings. The molecule has 0 amide bonds. The van der Waals surface area contributed by atoms with Crippen LogP contribution in [0.25, 0.3) is 11.3 Å².